The monoisotopic (exact) mass is 292 g/mol. The van der Waals surface area contributed by atoms with Crippen LogP contribution in [0.2, 0.25) is 0 Å². The van der Waals surface area contributed by atoms with Crippen LogP contribution in [0.25, 0.3) is 16.6 Å². The van der Waals surface area contributed by atoms with Crippen LogP contribution in [0, 0.1) is 6.92 Å². The Morgan fingerprint density at radius 3 is 2.33 bits per heavy atom. The van der Waals surface area contributed by atoms with E-state index in [0.29, 0.717) is 11.4 Å². The first kappa shape index (κ1) is 13.5. The van der Waals surface area contributed by atoms with Crippen LogP contribution in [0.5, 0.6) is 5.75 Å². The molecule has 3 aromatic rings. The molecule has 0 amide bonds. The third-order valence-corrected chi connectivity index (χ3v) is 3.29. The second-order valence-corrected chi connectivity index (χ2v) is 4.74. The third-order valence-electron chi connectivity index (χ3n) is 3.29. The van der Waals surface area contributed by atoms with Crippen molar-refractivity contribution in [1.29, 1.82) is 0 Å². The molecule has 0 atom stereocenters. The zero-order valence-corrected chi connectivity index (χ0v) is 11.0. The second-order valence-electron chi connectivity index (χ2n) is 4.74. The van der Waals surface area contributed by atoms with E-state index < -0.39 is 11.7 Å². The summed E-state index contributed by atoms with van der Waals surface area (Å²) < 4.78 is 39.3. The van der Waals surface area contributed by atoms with E-state index in [2.05, 4.69) is 5.10 Å². The minimum atomic E-state index is -4.35. The fourth-order valence-electron chi connectivity index (χ4n) is 2.24. The molecule has 21 heavy (non-hydrogen) atoms. The van der Waals surface area contributed by atoms with Crippen molar-refractivity contribution < 1.29 is 18.3 Å². The average Bonchev–Trinajstić information content (AvgIpc) is 2.75. The molecule has 0 aliphatic rings. The molecule has 0 saturated carbocycles. The first-order valence-corrected chi connectivity index (χ1v) is 6.22. The molecular weight excluding hydrogens is 281 g/mol. The molecule has 2 aromatic carbocycles. The zero-order chi connectivity index (χ0) is 15.2. The lowest BCUT2D eigenvalue weighted by atomic mass is 10.2. The van der Waals surface area contributed by atoms with Crippen molar-refractivity contribution in [1.82, 2.24) is 9.78 Å². The van der Waals surface area contributed by atoms with Gasteiger partial charge < -0.3 is 5.11 Å². The number of aromatic hydroxyl groups is 1. The van der Waals surface area contributed by atoms with Crippen LogP contribution in [0.15, 0.2) is 42.5 Å². The van der Waals surface area contributed by atoms with Gasteiger partial charge in [0.25, 0.3) is 0 Å². The Bertz CT molecular complexity index is 804. The molecule has 3 rings (SSSR count). The van der Waals surface area contributed by atoms with Crippen LogP contribution in [-0.4, -0.2) is 14.9 Å². The summed E-state index contributed by atoms with van der Waals surface area (Å²) in [4.78, 5) is 0. The maximum absolute atomic E-state index is 12.6. The predicted octanol–water partition coefficient (Wildman–Crippen LogP) is 4.06. The van der Waals surface area contributed by atoms with Crippen molar-refractivity contribution in [2.75, 3.05) is 0 Å². The van der Waals surface area contributed by atoms with Crippen molar-refractivity contribution >= 4 is 10.9 Å². The number of phenolic OH excluding ortho intramolecular Hbond substituents is 1. The lowest BCUT2D eigenvalue weighted by molar-refractivity contribution is -0.137. The summed E-state index contributed by atoms with van der Waals surface area (Å²) in [5.74, 6) is 0.123. The Morgan fingerprint density at radius 2 is 1.71 bits per heavy atom. The number of nitrogens with zero attached hydrogens (tertiary/aromatic N) is 2. The van der Waals surface area contributed by atoms with Gasteiger partial charge in [0.05, 0.1) is 22.5 Å². The molecule has 0 bridgehead atoms. The normalized spacial score (nSPS) is 12.0. The Hall–Kier alpha value is -2.50. The predicted molar refractivity (Wildman–Crippen MR) is 72.5 cm³/mol. The molecule has 0 spiro atoms. The van der Waals surface area contributed by atoms with E-state index in [-0.39, 0.29) is 5.75 Å². The van der Waals surface area contributed by atoms with E-state index in [1.54, 1.807) is 23.7 Å². The van der Waals surface area contributed by atoms with Crippen LogP contribution in [0.4, 0.5) is 13.2 Å². The fourth-order valence-corrected chi connectivity index (χ4v) is 2.24. The van der Waals surface area contributed by atoms with E-state index in [1.165, 1.54) is 18.2 Å². The number of hydrogen-bond acceptors (Lipinski definition) is 2. The zero-order valence-electron chi connectivity index (χ0n) is 11.0. The minimum absolute atomic E-state index is 0.123. The van der Waals surface area contributed by atoms with Crippen LogP contribution < -0.4 is 0 Å². The average molecular weight is 292 g/mol. The van der Waals surface area contributed by atoms with E-state index in [0.717, 1.165) is 23.0 Å². The van der Waals surface area contributed by atoms with Gasteiger partial charge >= 0.3 is 6.18 Å². The van der Waals surface area contributed by atoms with Gasteiger partial charge in [0.15, 0.2) is 0 Å². The van der Waals surface area contributed by atoms with E-state index >= 15 is 0 Å². The molecule has 6 heteroatoms. The highest BCUT2D eigenvalue weighted by Gasteiger charge is 2.30. The first-order chi connectivity index (χ1) is 9.86. The Labute approximate surface area is 118 Å². The molecule has 1 N–H and O–H groups in total. The lowest BCUT2D eigenvalue weighted by Gasteiger charge is -2.08. The van der Waals surface area contributed by atoms with Gasteiger partial charge in [0, 0.05) is 5.39 Å². The quantitative estimate of drug-likeness (QED) is 0.734. The molecule has 0 aliphatic heterocycles. The third kappa shape index (κ3) is 2.33. The van der Waals surface area contributed by atoms with Gasteiger partial charge in [-0.15, -0.1) is 0 Å². The van der Waals surface area contributed by atoms with Crippen molar-refractivity contribution in [2.45, 2.75) is 13.1 Å². The molecule has 1 heterocycles. The van der Waals surface area contributed by atoms with Gasteiger partial charge in [-0.2, -0.15) is 18.3 Å². The van der Waals surface area contributed by atoms with Crippen LogP contribution in [0.1, 0.15) is 11.3 Å². The Balaban J connectivity index is 2.13. The smallest absolute Gasteiger partial charge is 0.416 e. The Kier molecular flexibility index (Phi) is 2.90. The van der Waals surface area contributed by atoms with Crippen LogP contribution in [0.3, 0.4) is 0 Å². The molecule has 0 fully saturated rings. The maximum Gasteiger partial charge on any atom is 0.416 e. The number of aromatic nitrogens is 2. The van der Waals surface area contributed by atoms with Crippen LogP contribution in [-0.2, 0) is 6.18 Å². The SMILES string of the molecule is Cc1nn(-c2ccc(C(F)(F)F)cc2)c2ccc(O)cc12. The highest BCUT2D eigenvalue weighted by molar-refractivity contribution is 5.84. The molecule has 0 aliphatic carbocycles. The second kappa shape index (κ2) is 4.51. The van der Waals surface area contributed by atoms with Crippen molar-refractivity contribution in [2.24, 2.45) is 0 Å². The van der Waals surface area contributed by atoms with Gasteiger partial charge in [0.2, 0.25) is 0 Å². The summed E-state index contributed by atoms with van der Waals surface area (Å²) in [6.07, 6.45) is -4.35. The number of halogens is 3. The van der Waals surface area contributed by atoms with Crippen molar-refractivity contribution in [3.05, 3.63) is 53.7 Å². The van der Waals surface area contributed by atoms with Gasteiger partial charge in [-0.3, -0.25) is 0 Å². The van der Waals surface area contributed by atoms with E-state index in [1.807, 2.05) is 0 Å². The van der Waals surface area contributed by atoms with Crippen LogP contribution >= 0.6 is 0 Å². The molecule has 0 unspecified atom stereocenters. The minimum Gasteiger partial charge on any atom is -0.508 e. The summed E-state index contributed by atoms with van der Waals surface area (Å²) in [6, 6.07) is 9.59. The number of hydrogen-bond donors (Lipinski definition) is 1. The summed E-state index contributed by atoms with van der Waals surface area (Å²) in [6.45, 7) is 1.78. The highest BCUT2D eigenvalue weighted by atomic mass is 19.4. The number of benzene rings is 2. The topological polar surface area (TPSA) is 38.0 Å². The number of alkyl halides is 3. The molecule has 1 aromatic heterocycles. The number of rotatable bonds is 1. The van der Waals surface area contributed by atoms with Gasteiger partial charge in [0.1, 0.15) is 5.75 Å². The molecule has 108 valence electrons. The molecule has 0 radical (unpaired) electrons. The first-order valence-electron chi connectivity index (χ1n) is 6.22. The van der Waals surface area contributed by atoms with Crippen molar-refractivity contribution in [3.8, 4) is 11.4 Å². The summed E-state index contributed by atoms with van der Waals surface area (Å²) in [5.41, 5.74) is 1.26. The number of fused-ring (bicyclic) bond motifs is 1. The largest absolute Gasteiger partial charge is 0.508 e. The molecular formula is C15H11F3N2O. The highest BCUT2D eigenvalue weighted by Crippen LogP contribution is 2.30. The van der Waals surface area contributed by atoms with Gasteiger partial charge in [-0.25, -0.2) is 4.68 Å². The van der Waals surface area contributed by atoms with E-state index in [9.17, 15) is 18.3 Å². The maximum atomic E-state index is 12.6. The number of aryl methyl sites for hydroxylation is 1. The molecule has 0 saturated heterocycles. The number of phenols is 1. The van der Waals surface area contributed by atoms with Crippen molar-refractivity contribution in [3.63, 3.8) is 0 Å². The summed E-state index contributed by atoms with van der Waals surface area (Å²) >= 11 is 0. The summed E-state index contributed by atoms with van der Waals surface area (Å²) in [5, 5.41) is 14.6. The standard InChI is InChI=1S/C15H11F3N2O/c1-9-13-8-12(21)6-7-14(13)20(19-9)11-4-2-10(3-5-11)15(16,17)18/h2-8,21H,1H3. The van der Waals surface area contributed by atoms with Gasteiger partial charge in [-0.1, -0.05) is 0 Å². The fraction of sp³-hybridized carbons (Fsp3) is 0.133. The lowest BCUT2D eigenvalue weighted by Crippen LogP contribution is -2.05. The molecule has 3 nitrogen and oxygen atoms in total. The summed E-state index contributed by atoms with van der Waals surface area (Å²) in [7, 11) is 0. The van der Waals surface area contributed by atoms with Gasteiger partial charge in [-0.05, 0) is 49.4 Å². The van der Waals surface area contributed by atoms with E-state index in [4.69, 9.17) is 0 Å². The Morgan fingerprint density at radius 1 is 1.05 bits per heavy atom.